The van der Waals surface area contributed by atoms with Gasteiger partial charge < -0.3 is 10.6 Å². The Kier molecular flexibility index (Phi) is 5.85. The molecule has 4 aromatic rings. The highest BCUT2D eigenvalue weighted by atomic mass is 19.1. The monoisotopic (exact) mass is 487 g/mol. The molecule has 0 radical (unpaired) electrons. The van der Waals surface area contributed by atoms with E-state index in [-0.39, 0.29) is 17.6 Å². The van der Waals surface area contributed by atoms with Crippen LogP contribution >= 0.6 is 0 Å². The molecule has 10 heteroatoms. The van der Waals surface area contributed by atoms with E-state index in [1.807, 2.05) is 30.1 Å². The van der Waals surface area contributed by atoms with Crippen molar-refractivity contribution in [2.45, 2.75) is 51.2 Å². The summed E-state index contributed by atoms with van der Waals surface area (Å²) in [6, 6.07) is 7.12. The van der Waals surface area contributed by atoms with Gasteiger partial charge in [0.05, 0.1) is 11.9 Å². The molecule has 0 saturated carbocycles. The number of anilines is 2. The first-order valence-corrected chi connectivity index (χ1v) is 12.5. The second-order valence-corrected chi connectivity index (χ2v) is 10.2. The van der Waals surface area contributed by atoms with E-state index in [0.29, 0.717) is 29.1 Å². The van der Waals surface area contributed by atoms with Gasteiger partial charge in [-0.05, 0) is 36.5 Å². The highest BCUT2D eigenvalue weighted by Crippen LogP contribution is 2.29. The molecule has 2 fully saturated rings. The number of likely N-dealkylation sites (tertiary alicyclic amines) is 1. The summed E-state index contributed by atoms with van der Waals surface area (Å²) in [5.41, 5.74) is 3.61. The Morgan fingerprint density at radius 2 is 1.89 bits per heavy atom. The molecule has 2 unspecified atom stereocenters. The van der Waals surface area contributed by atoms with Crippen molar-refractivity contribution >= 4 is 22.8 Å². The third-order valence-electron chi connectivity index (χ3n) is 7.06. The van der Waals surface area contributed by atoms with Crippen LogP contribution in [0.3, 0.4) is 0 Å². The number of halogens is 1. The fourth-order valence-corrected chi connectivity index (χ4v) is 5.52. The molecule has 0 spiro atoms. The van der Waals surface area contributed by atoms with Gasteiger partial charge in [0, 0.05) is 62.1 Å². The van der Waals surface area contributed by atoms with Gasteiger partial charge in [-0.3, -0.25) is 9.58 Å². The molecule has 2 saturated heterocycles. The number of nitrogens with one attached hydrogen (secondary N) is 2. The summed E-state index contributed by atoms with van der Waals surface area (Å²) in [4.78, 5) is 20.1. The summed E-state index contributed by atoms with van der Waals surface area (Å²) >= 11 is 0. The molecule has 4 aromatic heterocycles. The van der Waals surface area contributed by atoms with Crippen LogP contribution in [0.1, 0.15) is 43.9 Å². The Bertz CT molecular complexity index is 1390. The van der Waals surface area contributed by atoms with Gasteiger partial charge in [-0.1, -0.05) is 19.9 Å². The van der Waals surface area contributed by atoms with Crippen molar-refractivity contribution in [3.8, 4) is 11.3 Å². The molecular weight excluding hydrogens is 457 g/mol. The van der Waals surface area contributed by atoms with Crippen LogP contribution in [0, 0.1) is 5.82 Å². The molecule has 2 N–H and O–H groups in total. The van der Waals surface area contributed by atoms with Gasteiger partial charge in [-0.25, -0.2) is 24.3 Å². The van der Waals surface area contributed by atoms with Gasteiger partial charge in [0.2, 0.25) is 5.95 Å². The quantitative estimate of drug-likeness (QED) is 0.424. The zero-order valence-electron chi connectivity index (χ0n) is 20.7. The Labute approximate surface area is 209 Å². The maximum atomic E-state index is 14.8. The lowest BCUT2D eigenvalue weighted by molar-refractivity contribution is 0.188. The lowest BCUT2D eigenvalue weighted by atomic mass is 10.1. The van der Waals surface area contributed by atoms with Crippen molar-refractivity contribution in [2.75, 3.05) is 18.4 Å². The second-order valence-electron chi connectivity index (χ2n) is 10.2. The third-order valence-corrected chi connectivity index (χ3v) is 7.06. The van der Waals surface area contributed by atoms with Gasteiger partial charge in [-0.2, -0.15) is 5.10 Å². The molecule has 0 aliphatic carbocycles. The number of nitrogens with zero attached hydrogens (tertiary/aromatic N) is 7. The van der Waals surface area contributed by atoms with E-state index < -0.39 is 5.82 Å². The normalized spacial score (nSPS) is 19.9. The fourth-order valence-electron chi connectivity index (χ4n) is 5.52. The minimum absolute atomic E-state index is 0.186. The van der Waals surface area contributed by atoms with Crippen LogP contribution in [0.25, 0.3) is 22.3 Å². The molecule has 2 aliphatic rings. The molecule has 36 heavy (non-hydrogen) atoms. The summed E-state index contributed by atoms with van der Waals surface area (Å²) in [6.07, 6.45) is 7.20. The van der Waals surface area contributed by atoms with Crippen molar-refractivity contribution in [1.29, 1.82) is 0 Å². The van der Waals surface area contributed by atoms with Crippen LogP contribution in [0.5, 0.6) is 0 Å². The summed E-state index contributed by atoms with van der Waals surface area (Å²) in [5, 5.41) is 12.1. The van der Waals surface area contributed by atoms with E-state index in [2.05, 4.69) is 60.5 Å². The molecule has 0 amide bonds. The van der Waals surface area contributed by atoms with Gasteiger partial charge in [0.1, 0.15) is 11.5 Å². The predicted molar refractivity (Wildman–Crippen MR) is 136 cm³/mol. The minimum atomic E-state index is -0.509. The third kappa shape index (κ3) is 4.42. The molecule has 6 rings (SSSR count). The van der Waals surface area contributed by atoms with Crippen LogP contribution in [0.4, 0.5) is 16.2 Å². The number of aryl methyl sites for hydroxylation is 1. The predicted octanol–water partition coefficient (Wildman–Crippen LogP) is 3.76. The summed E-state index contributed by atoms with van der Waals surface area (Å²) in [7, 11) is 1.90. The number of rotatable bonds is 6. The van der Waals surface area contributed by atoms with E-state index in [1.54, 1.807) is 6.20 Å². The summed E-state index contributed by atoms with van der Waals surface area (Å²) in [5.74, 6) is 0.630. The first-order valence-electron chi connectivity index (χ1n) is 12.5. The highest BCUT2D eigenvalue weighted by molar-refractivity contribution is 5.83. The standard InChI is InChI=1S/C26H30FN9/c1-15(2)24-20-8-17(10-29-25(20)34-35(24)3)23-21(27)11-30-26(33-23)32-22-7-4-16(9-28-22)12-36-13-18-5-6-19(14-36)31-18/h4,7-11,15,18-19,31H,5-6,12-14H2,1-3H3,(H,28,30,32,33). The number of piperazine rings is 1. The second kappa shape index (κ2) is 9.18. The van der Waals surface area contributed by atoms with E-state index in [9.17, 15) is 4.39 Å². The molecule has 2 aliphatic heterocycles. The van der Waals surface area contributed by atoms with E-state index in [0.717, 1.165) is 30.7 Å². The molecule has 2 bridgehead atoms. The maximum absolute atomic E-state index is 14.8. The van der Waals surface area contributed by atoms with Crippen molar-refractivity contribution in [3.63, 3.8) is 0 Å². The number of hydrogen-bond acceptors (Lipinski definition) is 8. The molecule has 9 nitrogen and oxygen atoms in total. The Morgan fingerprint density at radius 1 is 1.08 bits per heavy atom. The fraction of sp³-hybridized carbons (Fsp3) is 0.423. The van der Waals surface area contributed by atoms with Crippen LogP contribution < -0.4 is 10.6 Å². The van der Waals surface area contributed by atoms with Crippen LogP contribution in [-0.4, -0.2) is 59.8 Å². The summed E-state index contributed by atoms with van der Waals surface area (Å²) in [6.45, 7) is 7.26. The number of fused-ring (bicyclic) bond motifs is 3. The molecular formula is C26H30FN9. The van der Waals surface area contributed by atoms with Gasteiger partial charge in [0.25, 0.3) is 0 Å². The van der Waals surface area contributed by atoms with E-state index >= 15 is 0 Å². The zero-order chi connectivity index (χ0) is 24.8. The molecule has 186 valence electrons. The lowest BCUT2D eigenvalue weighted by Crippen LogP contribution is -2.50. The summed E-state index contributed by atoms with van der Waals surface area (Å²) < 4.78 is 16.6. The maximum Gasteiger partial charge on any atom is 0.229 e. The average molecular weight is 488 g/mol. The largest absolute Gasteiger partial charge is 0.309 e. The molecule has 2 atom stereocenters. The smallest absolute Gasteiger partial charge is 0.229 e. The minimum Gasteiger partial charge on any atom is -0.309 e. The van der Waals surface area contributed by atoms with Crippen molar-refractivity contribution in [1.82, 2.24) is 39.9 Å². The topological polar surface area (TPSA) is 96.7 Å². The van der Waals surface area contributed by atoms with Crippen molar-refractivity contribution in [2.24, 2.45) is 7.05 Å². The lowest BCUT2D eigenvalue weighted by Gasteiger charge is -2.32. The number of aromatic nitrogens is 6. The molecule has 0 aromatic carbocycles. The van der Waals surface area contributed by atoms with E-state index in [4.69, 9.17) is 0 Å². The average Bonchev–Trinajstić information content (AvgIpc) is 3.38. The van der Waals surface area contributed by atoms with Crippen molar-refractivity contribution in [3.05, 3.63) is 53.9 Å². The Hall–Kier alpha value is -3.50. The van der Waals surface area contributed by atoms with Crippen LogP contribution in [-0.2, 0) is 13.6 Å². The first-order chi connectivity index (χ1) is 17.4. The van der Waals surface area contributed by atoms with Crippen molar-refractivity contribution < 1.29 is 4.39 Å². The highest BCUT2D eigenvalue weighted by Gasteiger charge is 2.31. The van der Waals surface area contributed by atoms with E-state index in [1.165, 1.54) is 24.6 Å². The van der Waals surface area contributed by atoms with Gasteiger partial charge >= 0.3 is 0 Å². The molecule has 6 heterocycles. The number of hydrogen-bond donors (Lipinski definition) is 2. The van der Waals surface area contributed by atoms with Crippen LogP contribution in [0.2, 0.25) is 0 Å². The SMILES string of the molecule is CC(C)c1c2cc(-c3nc(Nc4ccc(CN5CC6CCC(C5)N6)cn4)ncc3F)cnc2nn1C. The first kappa shape index (κ1) is 22.9. The Balaban J connectivity index is 1.20. The van der Waals surface area contributed by atoms with Gasteiger partial charge in [-0.15, -0.1) is 0 Å². The zero-order valence-corrected chi connectivity index (χ0v) is 20.7. The Morgan fingerprint density at radius 3 is 2.61 bits per heavy atom. The van der Waals surface area contributed by atoms with Crippen LogP contribution in [0.15, 0.2) is 36.8 Å². The number of pyridine rings is 2. The van der Waals surface area contributed by atoms with Gasteiger partial charge in [0.15, 0.2) is 11.5 Å².